The molecule has 1 unspecified atom stereocenters. The summed E-state index contributed by atoms with van der Waals surface area (Å²) < 4.78 is 27.0. The molecule has 2 aliphatic rings. The number of aliphatic imine (C=N–C) groups is 1. The molecule has 0 aromatic heterocycles. The van der Waals surface area contributed by atoms with E-state index in [1.165, 1.54) is 0 Å². The third kappa shape index (κ3) is 3.91. The van der Waals surface area contributed by atoms with Gasteiger partial charge in [-0.25, -0.2) is 8.42 Å². The average Bonchev–Trinajstić information content (AvgIpc) is 2.89. The van der Waals surface area contributed by atoms with Crippen LogP contribution >= 0.6 is 0 Å². The summed E-state index contributed by atoms with van der Waals surface area (Å²) in [6.45, 7) is 3.33. The summed E-state index contributed by atoms with van der Waals surface area (Å²) in [5, 5.41) is 0. The van der Waals surface area contributed by atoms with Gasteiger partial charge in [-0.05, 0) is 31.4 Å². The van der Waals surface area contributed by atoms with Crippen molar-refractivity contribution in [1.82, 2.24) is 9.62 Å². The van der Waals surface area contributed by atoms with Gasteiger partial charge in [-0.1, -0.05) is 31.9 Å². The van der Waals surface area contributed by atoms with Crippen LogP contribution < -0.4 is 10.5 Å². The lowest BCUT2D eigenvalue weighted by molar-refractivity contribution is -0.133. The van der Waals surface area contributed by atoms with Gasteiger partial charge in [0.25, 0.3) is 10.0 Å². The first-order valence-corrected chi connectivity index (χ1v) is 10.6. The molecular weight excluding hydrogens is 352 g/mol. The molecule has 1 saturated heterocycles. The molecule has 2 heterocycles. The molecule has 2 aliphatic heterocycles. The second-order valence-electron chi connectivity index (χ2n) is 6.90. The first-order chi connectivity index (χ1) is 12.4. The number of carbonyl (C=O) groups is 1. The largest absolute Gasteiger partial charge is 0.341 e. The van der Waals surface area contributed by atoms with Crippen LogP contribution in [0, 0.1) is 0 Å². The highest BCUT2D eigenvalue weighted by atomic mass is 32.2. The minimum absolute atomic E-state index is 0.0403. The van der Waals surface area contributed by atoms with Crippen LogP contribution in [0.25, 0.3) is 0 Å². The minimum Gasteiger partial charge on any atom is -0.341 e. The maximum Gasteiger partial charge on any atom is 0.263 e. The first kappa shape index (κ1) is 18.8. The molecule has 26 heavy (non-hydrogen) atoms. The SMILES string of the molecule is CCCCC(N=C1NS(=O)(=O)c2ccccc21)C(=O)N1CCC(N)CC1. The first-order valence-electron chi connectivity index (χ1n) is 9.16. The van der Waals surface area contributed by atoms with Crippen molar-refractivity contribution in [1.29, 1.82) is 0 Å². The Kier molecular flexibility index (Phi) is 5.62. The van der Waals surface area contributed by atoms with Crippen molar-refractivity contribution in [2.75, 3.05) is 13.1 Å². The van der Waals surface area contributed by atoms with E-state index in [2.05, 4.69) is 16.6 Å². The van der Waals surface area contributed by atoms with Gasteiger partial charge in [0, 0.05) is 24.7 Å². The van der Waals surface area contributed by atoms with Gasteiger partial charge in [-0.15, -0.1) is 0 Å². The number of benzene rings is 1. The number of rotatable bonds is 5. The number of likely N-dealkylation sites (tertiary alicyclic amines) is 1. The predicted molar refractivity (Wildman–Crippen MR) is 100 cm³/mol. The van der Waals surface area contributed by atoms with Gasteiger partial charge in [0.15, 0.2) is 0 Å². The topological polar surface area (TPSA) is 105 Å². The molecule has 0 saturated carbocycles. The average molecular weight is 378 g/mol. The summed E-state index contributed by atoms with van der Waals surface area (Å²) in [4.78, 5) is 19.5. The fourth-order valence-electron chi connectivity index (χ4n) is 3.36. The van der Waals surface area contributed by atoms with E-state index in [1.54, 1.807) is 24.3 Å². The Hall–Kier alpha value is -1.93. The molecular formula is C18H26N4O3S. The lowest BCUT2D eigenvalue weighted by atomic mass is 10.0. The molecule has 142 valence electrons. The van der Waals surface area contributed by atoms with Gasteiger partial charge in [0.1, 0.15) is 11.9 Å². The van der Waals surface area contributed by atoms with Gasteiger partial charge in [0.2, 0.25) is 5.91 Å². The Bertz CT molecular complexity index is 798. The number of fused-ring (bicyclic) bond motifs is 1. The zero-order valence-corrected chi connectivity index (χ0v) is 15.8. The maximum absolute atomic E-state index is 13.0. The van der Waals surface area contributed by atoms with Gasteiger partial charge in [-0.3, -0.25) is 14.5 Å². The number of hydrogen-bond acceptors (Lipinski definition) is 5. The lowest BCUT2D eigenvalue weighted by Crippen LogP contribution is -2.46. The number of nitrogens with one attached hydrogen (secondary N) is 1. The Morgan fingerprint density at radius 3 is 2.73 bits per heavy atom. The van der Waals surface area contributed by atoms with Crippen LogP contribution in [0.1, 0.15) is 44.6 Å². The number of unbranched alkanes of at least 4 members (excludes halogenated alkanes) is 1. The number of amidine groups is 1. The number of carbonyl (C=O) groups excluding carboxylic acids is 1. The molecule has 1 aromatic carbocycles. The molecule has 0 spiro atoms. The zero-order valence-electron chi connectivity index (χ0n) is 15.0. The van der Waals surface area contributed by atoms with Gasteiger partial charge >= 0.3 is 0 Å². The molecule has 7 nitrogen and oxygen atoms in total. The molecule has 3 rings (SSSR count). The van der Waals surface area contributed by atoms with Crippen LogP contribution in [-0.4, -0.2) is 50.2 Å². The highest BCUT2D eigenvalue weighted by Crippen LogP contribution is 2.24. The van der Waals surface area contributed by atoms with E-state index >= 15 is 0 Å². The monoisotopic (exact) mass is 378 g/mol. The van der Waals surface area contributed by atoms with Crippen molar-refractivity contribution >= 4 is 21.8 Å². The molecule has 8 heteroatoms. The number of piperidine rings is 1. The third-order valence-corrected chi connectivity index (χ3v) is 6.31. The second kappa shape index (κ2) is 7.75. The summed E-state index contributed by atoms with van der Waals surface area (Å²) >= 11 is 0. The van der Waals surface area contributed by atoms with Crippen LogP contribution in [-0.2, 0) is 14.8 Å². The van der Waals surface area contributed by atoms with E-state index in [4.69, 9.17) is 5.73 Å². The Morgan fingerprint density at radius 2 is 2.04 bits per heavy atom. The van der Waals surface area contributed by atoms with Crippen LogP contribution in [0.3, 0.4) is 0 Å². The van der Waals surface area contributed by atoms with Crippen molar-refractivity contribution < 1.29 is 13.2 Å². The molecule has 0 aliphatic carbocycles. The van der Waals surface area contributed by atoms with Crippen LogP contribution in [0.4, 0.5) is 0 Å². The van der Waals surface area contributed by atoms with Crippen LogP contribution in [0.15, 0.2) is 34.2 Å². The standard InChI is InChI=1S/C18H26N4O3S/c1-2-3-7-15(18(23)22-11-9-13(19)10-12-22)20-17-14-6-4-5-8-16(14)26(24,25)21-17/h4-6,8,13,15H,2-3,7,9-12,19H2,1H3,(H,20,21). The Labute approximate surface area is 154 Å². The van der Waals surface area contributed by atoms with Gasteiger partial charge in [0.05, 0.1) is 4.90 Å². The molecule has 1 atom stereocenters. The maximum atomic E-state index is 13.0. The summed E-state index contributed by atoms with van der Waals surface area (Å²) in [5.74, 6) is 0.227. The smallest absolute Gasteiger partial charge is 0.263 e. The van der Waals surface area contributed by atoms with E-state index in [-0.39, 0.29) is 22.7 Å². The normalized spacial score (nSPS) is 22.1. The number of sulfonamides is 1. The molecule has 0 radical (unpaired) electrons. The summed E-state index contributed by atoms with van der Waals surface area (Å²) in [5.41, 5.74) is 6.46. The van der Waals surface area contributed by atoms with E-state index in [0.29, 0.717) is 25.1 Å². The minimum atomic E-state index is -3.60. The van der Waals surface area contributed by atoms with E-state index in [9.17, 15) is 13.2 Å². The Morgan fingerprint density at radius 1 is 1.35 bits per heavy atom. The summed E-state index contributed by atoms with van der Waals surface area (Å²) in [7, 11) is -3.60. The Balaban J connectivity index is 1.87. The van der Waals surface area contributed by atoms with Crippen LogP contribution in [0.2, 0.25) is 0 Å². The van der Waals surface area contributed by atoms with Crippen molar-refractivity contribution in [3.8, 4) is 0 Å². The summed E-state index contributed by atoms with van der Waals surface area (Å²) in [6.07, 6.45) is 3.98. The van der Waals surface area contributed by atoms with Gasteiger partial charge in [-0.2, -0.15) is 0 Å². The molecule has 3 N–H and O–H groups in total. The second-order valence-corrected chi connectivity index (χ2v) is 8.55. The van der Waals surface area contributed by atoms with E-state index in [1.807, 2.05) is 4.90 Å². The zero-order chi connectivity index (χ0) is 18.7. The highest BCUT2D eigenvalue weighted by Gasteiger charge is 2.33. The number of hydrogen-bond donors (Lipinski definition) is 2. The number of nitrogens with zero attached hydrogens (tertiary/aromatic N) is 2. The van der Waals surface area contributed by atoms with Crippen molar-refractivity contribution in [3.05, 3.63) is 29.8 Å². The molecule has 1 amide bonds. The molecule has 0 bridgehead atoms. The molecule has 1 aromatic rings. The number of nitrogens with two attached hydrogens (primary N) is 1. The van der Waals surface area contributed by atoms with E-state index in [0.717, 1.165) is 25.7 Å². The molecule has 1 fully saturated rings. The van der Waals surface area contributed by atoms with Crippen molar-refractivity contribution in [2.24, 2.45) is 10.7 Å². The number of amides is 1. The lowest BCUT2D eigenvalue weighted by Gasteiger charge is -2.32. The van der Waals surface area contributed by atoms with E-state index < -0.39 is 16.1 Å². The highest BCUT2D eigenvalue weighted by molar-refractivity contribution is 7.90. The third-order valence-electron chi connectivity index (χ3n) is 4.92. The summed E-state index contributed by atoms with van der Waals surface area (Å²) in [6, 6.07) is 6.28. The fourth-order valence-corrected chi connectivity index (χ4v) is 4.60. The van der Waals surface area contributed by atoms with Crippen molar-refractivity contribution in [3.63, 3.8) is 0 Å². The van der Waals surface area contributed by atoms with Gasteiger partial charge < -0.3 is 10.6 Å². The van der Waals surface area contributed by atoms with Crippen molar-refractivity contribution in [2.45, 2.75) is 56.0 Å². The quantitative estimate of drug-likeness (QED) is 0.804. The predicted octanol–water partition coefficient (Wildman–Crippen LogP) is 1.23. The fraction of sp³-hybridized carbons (Fsp3) is 0.556. The van der Waals surface area contributed by atoms with Crippen LogP contribution in [0.5, 0.6) is 0 Å².